The third kappa shape index (κ3) is 3.41. The number of ether oxygens (including phenoxy) is 1. The molecule has 0 aromatic heterocycles. The van der Waals surface area contributed by atoms with E-state index in [1.54, 1.807) is 30.3 Å². The molecular formula is C32H27NO4. The summed E-state index contributed by atoms with van der Waals surface area (Å²) in [5.41, 5.74) is 4.94. The van der Waals surface area contributed by atoms with Gasteiger partial charge in [0.05, 0.1) is 23.1 Å². The number of amides is 2. The van der Waals surface area contributed by atoms with Crippen molar-refractivity contribution >= 4 is 23.5 Å². The van der Waals surface area contributed by atoms with Gasteiger partial charge >= 0.3 is 5.97 Å². The maximum absolute atomic E-state index is 13.4. The monoisotopic (exact) mass is 489 g/mol. The zero-order valence-corrected chi connectivity index (χ0v) is 20.8. The summed E-state index contributed by atoms with van der Waals surface area (Å²) in [5, 5.41) is 0. The Balaban J connectivity index is 1.12. The zero-order chi connectivity index (χ0) is 25.4. The molecule has 5 nitrogen and oxygen atoms in total. The molecule has 0 N–H and O–H groups in total. The molecule has 2 bridgehead atoms. The Labute approximate surface area is 215 Å². The van der Waals surface area contributed by atoms with Crippen molar-refractivity contribution in [3.05, 3.63) is 95.6 Å². The van der Waals surface area contributed by atoms with Gasteiger partial charge in [-0.25, -0.2) is 9.69 Å². The number of aryl methyl sites for hydroxylation is 2. The average molecular weight is 490 g/mol. The molecule has 1 saturated heterocycles. The maximum Gasteiger partial charge on any atom is 0.343 e. The van der Waals surface area contributed by atoms with E-state index in [4.69, 9.17) is 4.74 Å². The summed E-state index contributed by atoms with van der Waals surface area (Å²) >= 11 is 0. The molecule has 5 heteroatoms. The first kappa shape index (κ1) is 22.2. The highest BCUT2D eigenvalue weighted by atomic mass is 16.5. The van der Waals surface area contributed by atoms with E-state index in [1.165, 1.54) is 10.5 Å². The van der Waals surface area contributed by atoms with Gasteiger partial charge in [0.25, 0.3) is 0 Å². The summed E-state index contributed by atoms with van der Waals surface area (Å²) < 4.78 is 5.73. The zero-order valence-electron chi connectivity index (χ0n) is 20.8. The van der Waals surface area contributed by atoms with Crippen LogP contribution in [0.1, 0.15) is 27.9 Å². The second-order valence-electron chi connectivity index (χ2n) is 11.0. The lowest BCUT2D eigenvalue weighted by atomic mass is 9.63. The molecule has 8 rings (SSSR count). The van der Waals surface area contributed by atoms with Gasteiger partial charge in [0, 0.05) is 0 Å². The van der Waals surface area contributed by atoms with Crippen molar-refractivity contribution in [1.82, 2.24) is 0 Å². The van der Waals surface area contributed by atoms with Crippen molar-refractivity contribution < 1.29 is 19.1 Å². The van der Waals surface area contributed by atoms with Gasteiger partial charge in [-0.05, 0) is 91.0 Å². The van der Waals surface area contributed by atoms with Crippen molar-refractivity contribution in [1.29, 1.82) is 0 Å². The Kier molecular flexibility index (Phi) is 4.81. The van der Waals surface area contributed by atoms with Gasteiger partial charge in [-0.15, -0.1) is 0 Å². The van der Waals surface area contributed by atoms with Crippen LogP contribution in [0.15, 0.2) is 78.9 Å². The Bertz CT molecular complexity index is 1470. The topological polar surface area (TPSA) is 63.7 Å². The molecule has 2 saturated carbocycles. The summed E-state index contributed by atoms with van der Waals surface area (Å²) in [5.74, 6) is 0.597. The van der Waals surface area contributed by atoms with Gasteiger partial charge in [0.2, 0.25) is 11.8 Å². The van der Waals surface area contributed by atoms with Gasteiger partial charge in [0.1, 0.15) is 5.75 Å². The molecule has 3 aromatic carbocycles. The molecule has 4 aliphatic carbocycles. The minimum absolute atomic E-state index is 0.132. The molecular weight excluding hydrogens is 462 g/mol. The number of imide groups is 1. The van der Waals surface area contributed by atoms with Crippen molar-refractivity contribution in [3.8, 4) is 16.9 Å². The molecule has 1 aliphatic heterocycles. The number of allylic oxidation sites excluding steroid dienone is 2. The number of carbonyl (C=O) groups is 3. The quantitative estimate of drug-likeness (QED) is 0.203. The van der Waals surface area contributed by atoms with E-state index in [-0.39, 0.29) is 35.5 Å². The molecule has 184 valence electrons. The Hall–Kier alpha value is -3.99. The van der Waals surface area contributed by atoms with Crippen LogP contribution in [0.3, 0.4) is 0 Å². The molecule has 37 heavy (non-hydrogen) atoms. The predicted octanol–water partition coefficient (Wildman–Crippen LogP) is 5.75. The fraction of sp³-hybridized carbons (Fsp3) is 0.281. The van der Waals surface area contributed by atoms with Crippen LogP contribution in [0.2, 0.25) is 0 Å². The normalized spacial score (nSPS) is 28.8. The number of nitrogens with zero attached hydrogens (tertiary/aromatic N) is 1. The number of hydrogen-bond donors (Lipinski definition) is 0. The van der Waals surface area contributed by atoms with Gasteiger partial charge in [-0.2, -0.15) is 0 Å². The van der Waals surface area contributed by atoms with E-state index in [2.05, 4.69) is 43.3 Å². The number of benzene rings is 3. The molecule has 3 fully saturated rings. The van der Waals surface area contributed by atoms with Gasteiger partial charge in [0.15, 0.2) is 0 Å². The van der Waals surface area contributed by atoms with Crippen molar-refractivity contribution in [2.24, 2.45) is 35.5 Å². The summed E-state index contributed by atoms with van der Waals surface area (Å²) in [7, 11) is 0. The van der Waals surface area contributed by atoms with E-state index >= 15 is 0 Å². The molecule has 6 atom stereocenters. The molecule has 0 radical (unpaired) electrons. The van der Waals surface area contributed by atoms with Crippen LogP contribution >= 0.6 is 0 Å². The standard InChI is InChI=1S/C32H27NO4/c1-17-6-8-19(9-7-17)20-10-13-27(18(2)14-20)37-32(36)21-4-3-5-22(15-21)33-30(34)28-23-11-12-24(26-16-25(23)26)29(28)31(33)35/h3-15,23-26,28-29H,16H2,1-2H3/t23-,24-,25-,26+,28-,29+/m0/s1. The molecule has 3 aromatic rings. The highest BCUT2D eigenvalue weighted by Gasteiger charge is 2.67. The van der Waals surface area contributed by atoms with E-state index < -0.39 is 5.97 Å². The lowest BCUT2D eigenvalue weighted by Crippen LogP contribution is -2.40. The largest absolute Gasteiger partial charge is 0.423 e. The van der Waals surface area contributed by atoms with Crippen LogP contribution in [0.4, 0.5) is 5.69 Å². The summed E-state index contributed by atoms with van der Waals surface area (Å²) in [4.78, 5) is 41.3. The van der Waals surface area contributed by atoms with E-state index in [0.29, 0.717) is 28.8 Å². The molecule has 0 spiro atoms. The first-order chi connectivity index (χ1) is 17.9. The Morgan fingerprint density at radius 3 is 2.11 bits per heavy atom. The fourth-order valence-corrected chi connectivity index (χ4v) is 6.83. The van der Waals surface area contributed by atoms with Gasteiger partial charge in [-0.3, -0.25) is 9.59 Å². The van der Waals surface area contributed by atoms with Crippen LogP contribution in [0.5, 0.6) is 5.75 Å². The number of esters is 1. The highest BCUT2D eigenvalue weighted by Crippen LogP contribution is 2.65. The second-order valence-corrected chi connectivity index (χ2v) is 11.0. The fourth-order valence-electron chi connectivity index (χ4n) is 6.83. The summed E-state index contributed by atoms with van der Waals surface area (Å²) in [6.07, 6.45) is 5.45. The first-order valence-electron chi connectivity index (χ1n) is 13.0. The van der Waals surface area contributed by atoms with Gasteiger partial charge < -0.3 is 4.74 Å². The number of anilines is 1. The second kappa shape index (κ2) is 8.01. The van der Waals surface area contributed by atoms with Crippen molar-refractivity contribution in [2.45, 2.75) is 20.3 Å². The van der Waals surface area contributed by atoms with Crippen LogP contribution in [0.25, 0.3) is 11.1 Å². The lowest BCUT2D eigenvalue weighted by molar-refractivity contribution is -0.124. The lowest BCUT2D eigenvalue weighted by Gasteiger charge is -2.37. The van der Waals surface area contributed by atoms with Crippen LogP contribution in [-0.4, -0.2) is 17.8 Å². The SMILES string of the molecule is Cc1ccc(-c2ccc(OC(=O)c3cccc(N4C(=O)[C@@H]5[C@H]6C=C[C@@H]([C@@H]7C[C@H]67)[C@@H]5C4=O)c3)c(C)c2)cc1. The minimum atomic E-state index is -0.521. The Morgan fingerprint density at radius 1 is 0.811 bits per heavy atom. The maximum atomic E-state index is 13.4. The molecule has 0 unspecified atom stereocenters. The van der Waals surface area contributed by atoms with Crippen LogP contribution in [0, 0.1) is 49.4 Å². The predicted molar refractivity (Wildman–Crippen MR) is 140 cm³/mol. The average Bonchev–Trinajstić information content (AvgIpc) is 3.68. The molecule has 5 aliphatic rings. The van der Waals surface area contributed by atoms with Crippen molar-refractivity contribution in [2.75, 3.05) is 4.90 Å². The summed E-state index contributed by atoms with van der Waals surface area (Å²) in [6, 6.07) is 20.7. The molecule has 2 amide bonds. The number of hydrogen-bond acceptors (Lipinski definition) is 4. The van der Waals surface area contributed by atoms with Crippen LogP contribution in [-0.2, 0) is 9.59 Å². The minimum Gasteiger partial charge on any atom is -0.423 e. The first-order valence-corrected chi connectivity index (χ1v) is 13.0. The van der Waals surface area contributed by atoms with Crippen molar-refractivity contribution in [3.63, 3.8) is 0 Å². The molecule has 1 heterocycles. The Morgan fingerprint density at radius 2 is 1.46 bits per heavy atom. The number of carbonyl (C=O) groups excluding carboxylic acids is 3. The van der Waals surface area contributed by atoms with Crippen LogP contribution < -0.4 is 9.64 Å². The third-order valence-electron chi connectivity index (χ3n) is 8.77. The third-order valence-corrected chi connectivity index (χ3v) is 8.77. The highest BCUT2D eigenvalue weighted by molar-refractivity contribution is 6.23. The number of rotatable bonds is 4. The smallest absolute Gasteiger partial charge is 0.343 e. The summed E-state index contributed by atoms with van der Waals surface area (Å²) in [6.45, 7) is 3.96. The van der Waals surface area contributed by atoms with E-state index in [1.807, 2.05) is 19.1 Å². The van der Waals surface area contributed by atoms with E-state index in [0.717, 1.165) is 23.1 Å². The van der Waals surface area contributed by atoms with E-state index in [9.17, 15) is 14.4 Å². The van der Waals surface area contributed by atoms with Gasteiger partial charge in [-0.1, -0.05) is 54.1 Å².